The summed E-state index contributed by atoms with van der Waals surface area (Å²) in [7, 11) is 0. The number of carbonyl (C=O) groups excluding carboxylic acids is 1. The van der Waals surface area contributed by atoms with Crippen LogP contribution < -0.4 is 10.6 Å². The molecule has 23 heavy (non-hydrogen) atoms. The fraction of sp³-hybridized carbons (Fsp3) is 0.333. The van der Waals surface area contributed by atoms with E-state index in [4.69, 9.17) is 0 Å². The number of rotatable bonds is 7. The smallest absolute Gasteiger partial charge is 0.315 e. The molecule has 0 aliphatic heterocycles. The van der Waals surface area contributed by atoms with Crippen molar-refractivity contribution in [2.24, 2.45) is 5.92 Å². The Labute approximate surface area is 136 Å². The maximum atomic E-state index is 12.0. The van der Waals surface area contributed by atoms with Gasteiger partial charge in [0.25, 0.3) is 0 Å². The minimum Gasteiger partial charge on any atom is -0.396 e. The molecule has 1 heterocycles. The molecule has 0 spiro atoms. The zero-order valence-electron chi connectivity index (χ0n) is 13.3. The summed E-state index contributed by atoms with van der Waals surface area (Å²) in [5, 5.41) is 15.2. The Kier molecular flexibility index (Phi) is 6.56. The van der Waals surface area contributed by atoms with Crippen LogP contribution in [-0.2, 0) is 6.42 Å². The van der Waals surface area contributed by atoms with Gasteiger partial charge in [0.2, 0.25) is 0 Å². The second-order valence-corrected chi connectivity index (χ2v) is 5.56. The highest BCUT2D eigenvalue weighted by Crippen LogP contribution is 2.10. The number of nitrogens with one attached hydrogen (secondary N) is 2. The van der Waals surface area contributed by atoms with Crippen LogP contribution in [0.5, 0.6) is 0 Å². The van der Waals surface area contributed by atoms with Crippen LogP contribution in [-0.4, -0.2) is 29.3 Å². The number of hydrogen-bond acceptors (Lipinski definition) is 3. The van der Waals surface area contributed by atoms with Crippen molar-refractivity contribution in [3.63, 3.8) is 0 Å². The minimum absolute atomic E-state index is 0.00505. The lowest BCUT2D eigenvalue weighted by Gasteiger charge is -2.18. The molecule has 0 saturated carbocycles. The Morgan fingerprint density at radius 1 is 1.17 bits per heavy atom. The summed E-state index contributed by atoms with van der Waals surface area (Å²) in [6.45, 7) is 2.35. The maximum absolute atomic E-state index is 12.0. The van der Waals surface area contributed by atoms with Crippen LogP contribution in [0.1, 0.15) is 24.2 Å². The molecule has 5 nitrogen and oxygen atoms in total. The minimum atomic E-state index is -0.235. The van der Waals surface area contributed by atoms with Gasteiger partial charge in [0.1, 0.15) is 0 Å². The van der Waals surface area contributed by atoms with Crippen molar-refractivity contribution >= 4 is 6.03 Å². The topological polar surface area (TPSA) is 74.2 Å². The highest BCUT2D eigenvalue weighted by atomic mass is 16.3. The van der Waals surface area contributed by atoms with E-state index in [0.29, 0.717) is 13.0 Å². The number of amides is 2. The van der Waals surface area contributed by atoms with Crippen molar-refractivity contribution in [2.45, 2.75) is 19.4 Å². The first kappa shape index (κ1) is 17.0. The van der Waals surface area contributed by atoms with Gasteiger partial charge in [0.05, 0.1) is 6.04 Å². The normalized spacial score (nSPS) is 13.1. The zero-order valence-corrected chi connectivity index (χ0v) is 13.3. The molecule has 0 bridgehead atoms. The van der Waals surface area contributed by atoms with Gasteiger partial charge in [0, 0.05) is 31.0 Å². The average molecular weight is 313 g/mol. The number of benzene rings is 1. The molecule has 2 aromatic rings. The molecule has 0 aliphatic carbocycles. The predicted molar refractivity (Wildman–Crippen MR) is 89.9 cm³/mol. The van der Waals surface area contributed by atoms with Crippen LogP contribution in [0.3, 0.4) is 0 Å². The Balaban J connectivity index is 1.78. The van der Waals surface area contributed by atoms with Gasteiger partial charge in [-0.25, -0.2) is 4.79 Å². The van der Waals surface area contributed by atoms with E-state index in [1.165, 1.54) is 0 Å². The molecule has 2 amide bonds. The number of carbonyl (C=O) groups is 1. The van der Waals surface area contributed by atoms with Crippen LogP contribution in [0.4, 0.5) is 4.79 Å². The number of hydrogen-bond donors (Lipinski definition) is 3. The Bertz CT molecular complexity index is 590. The summed E-state index contributed by atoms with van der Waals surface area (Å²) in [5.41, 5.74) is 1.96. The van der Waals surface area contributed by atoms with Crippen LogP contribution in [0.2, 0.25) is 0 Å². The lowest BCUT2D eigenvalue weighted by Crippen LogP contribution is -2.40. The highest BCUT2D eigenvalue weighted by Gasteiger charge is 2.13. The second kappa shape index (κ2) is 8.90. The number of aliphatic hydroxyl groups is 1. The van der Waals surface area contributed by atoms with Crippen molar-refractivity contribution < 1.29 is 9.90 Å². The molecule has 2 atom stereocenters. The van der Waals surface area contributed by atoms with E-state index in [1.54, 1.807) is 6.20 Å². The number of urea groups is 1. The average Bonchev–Trinajstić information content (AvgIpc) is 2.60. The van der Waals surface area contributed by atoms with Crippen LogP contribution in [0.25, 0.3) is 0 Å². The van der Waals surface area contributed by atoms with Crippen molar-refractivity contribution in [3.8, 4) is 0 Å². The standard InChI is InChI=1S/C18H23N3O2/c1-14(16-7-3-2-4-8-16)21-18(23)20-12-15(13-22)11-17-9-5-6-10-19-17/h2-10,14-15,22H,11-13H2,1H3,(H2,20,21,23). The molecule has 0 aliphatic rings. The van der Waals surface area contributed by atoms with E-state index >= 15 is 0 Å². The number of nitrogens with zero attached hydrogens (tertiary/aromatic N) is 1. The Hall–Kier alpha value is -2.40. The Morgan fingerprint density at radius 3 is 2.57 bits per heavy atom. The lowest BCUT2D eigenvalue weighted by atomic mass is 10.0. The molecule has 1 aromatic heterocycles. The molecule has 3 N–H and O–H groups in total. The number of aromatic nitrogens is 1. The Morgan fingerprint density at radius 2 is 1.91 bits per heavy atom. The summed E-state index contributed by atoms with van der Waals surface area (Å²) in [4.78, 5) is 16.2. The predicted octanol–water partition coefficient (Wildman–Crippen LogP) is 2.29. The van der Waals surface area contributed by atoms with Gasteiger partial charge >= 0.3 is 6.03 Å². The molecule has 0 saturated heterocycles. The molecule has 5 heteroatoms. The largest absolute Gasteiger partial charge is 0.396 e. The van der Waals surface area contributed by atoms with Gasteiger partial charge in [-0.2, -0.15) is 0 Å². The molecule has 122 valence electrons. The third-order valence-electron chi connectivity index (χ3n) is 3.68. The van der Waals surface area contributed by atoms with Crippen molar-refractivity contribution in [1.82, 2.24) is 15.6 Å². The second-order valence-electron chi connectivity index (χ2n) is 5.56. The van der Waals surface area contributed by atoms with Crippen molar-refractivity contribution in [3.05, 3.63) is 66.0 Å². The SMILES string of the molecule is CC(NC(=O)NCC(CO)Cc1ccccn1)c1ccccc1. The van der Waals surface area contributed by atoms with Crippen molar-refractivity contribution in [1.29, 1.82) is 0 Å². The maximum Gasteiger partial charge on any atom is 0.315 e. The van der Waals surface area contributed by atoms with Gasteiger partial charge in [0.15, 0.2) is 0 Å². The van der Waals surface area contributed by atoms with E-state index < -0.39 is 0 Å². The quantitative estimate of drug-likeness (QED) is 0.734. The van der Waals surface area contributed by atoms with E-state index in [-0.39, 0.29) is 24.6 Å². The fourth-order valence-electron chi connectivity index (χ4n) is 2.33. The third kappa shape index (κ3) is 5.71. The first-order chi connectivity index (χ1) is 11.2. The molecule has 1 aromatic carbocycles. The first-order valence-electron chi connectivity index (χ1n) is 7.79. The fourth-order valence-corrected chi connectivity index (χ4v) is 2.33. The molecular formula is C18H23N3O2. The van der Waals surface area contributed by atoms with Gasteiger partial charge in [-0.3, -0.25) is 4.98 Å². The van der Waals surface area contributed by atoms with Gasteiger partial charge in [-0.05, 0) is 31.0 Å². The molecule has 2 rings (SSSR count). The van der Waals surface area contributed by atoms with Crippen molar-refractivity contribution in [2.75, 3.05) is 13.2 Å². The van der Waals surface area contributed by atoms with Crippen LogP contribution >= 0.6 is 0 Å². The molecular weight excluding hydrogens is 290 g/mol. The summed E-state index contributed by atoms with van der Waals surface area (Å²) >= 11 is 0. The zero-order chi connectivity index (χ0) is 16.5. The molecule has 0 radical (unpaired) electrons. The van der Waals surface area contributed by atoms with E-state index in [9.17, 15) is 9.90 Å². The van der Waals surface area contributed by atoms with E-state index in [1.807, 2.05) is 55.5 Å². The van der Waals surface area contributed by atoms with Gasteiger partial charge in [-0.1, -0.05) is 36.4 Å². The summed E-state index contributed by atoms with van der Waals surface area (Å²) in [5.74, 6) is -0.0531. The van der Waals surface area contributed by atoms with Crippen LogP contribution in [0, 0.1) is 5.92 Å². The van der Waals surface area contributed by atoms with E-state index in [0.717, 1.165) is 11.3 Å². The lowest BCUT2D eigenvalue weighted by molar-refractivity contribution is 0.212. The summed E-state index contributed by atoms with van der Waals surface area (Å²) in [6, 6.07) is 15.2. The van der Waals surface area contributed by atoms with Gasteiger partial charge < -0.3 is 15.7 Å². The highest BCUT2D eigenvalue weighted by molar-refractivity contribution is 5.74. The molecule has 2 unspecified atom stereocenters. The monoisotopic (exact) mass is 313 g/mol. The third-order valence-corrected chi connectivity index (χ3v) is 3.68. The van der Waals surface area contributed by atoms with Crippen LogP contribution in [0.15, 0.2) is 54.7 Å². The number of aliphatic hydroxyl groups excluding tert-OH is 1. The van der Waals surface area contributed by atoms with Gasteiger partial charge in [-0.15, -0.1) is 0 Å². The number of pyridine rings is 1. The first-order valence-corrected chi connectivity index (χ1v) is 7.79. The van der Waals surface area contributed by atoms with E-state index in [2.05, 4.69) is 15.6 Å². The summed E-state index contributed by atoms with van der Waals surface area (Å²) in [6.07, 6.45) is 2.36. The molecule has 0 fully saturated rings. The summed E-state index contributed by atoms with van der Waals surface area (Å²) < 4.78 is 0.